The lowest BCUT2D eigenvalue weighted by molar-refractivity contribution is 0.0923. The summed E-state index contributed by atoms with van der Waals surface area (Å²) in [7, 11) is 1.30. The normalized spacial score (nSPS) is 17.6. The van der Waals surface area contributed by atoms with E-state index < -0.39 is 22.9 Å². The number of nitrogens with zero attached hydrogens (tertiary/aromatic N) is 1. The number of carbonyl (C=O) groups is 2. The van der Waals surface area contributed by atoms with Crippen LogP contribution in [0.5, 0.6) is 11.5 Å². The van der Waals surface area contributed by atoms with Gasteiger partial charge in [0, 0.05) is 48.3 Å². The van der Waals surface area contributed by atoms with Crippen LogP contribution in [0.25, 0.3) is 0 Å². The van der Waals surface area contributed by atoms with Crippen LogP contribution < -0.4 is 20.7 Å². The highest BCUT2D eigenvalue weighted by atomic mass is 19.1. The standard InChI is InChI=1S/C27H29FN4O4/c1-36-23-9-8-22(33)24(25(23)28)26(34)17-4-6-20(7-5-17)31-15-19-3-2-12-30-16-21(19)32-27(35)18-10-13-29-14-11-18/h4-11,13-14,19,21,30-31,33H,2-3,12,15-16H2,1H3,(H,32,35)/t19-,21?/m0/s1. The number of anilines is 1. The monoisotopic (exact) mass is 492 g/mol. The van der Waals surface area contributed by atoms with Gasteiger partial charge < -0.3 is 25.8 Å². The van der Waals surface area contributed by atoms with Crippen molar-refractivity contribution in [2.45, 2.75) is 18.9 Å². The first-order valence-electron chi connectivity index (χ1n) is 11.8. The van der Waals surface area contributed by atoms with Gasteiger partial charge in [-0.05, 0) is 73.8 Å². The highest BCUT2D eigenvalue weighted by Crippen LogP contribution is 2.30. The van der Waals surface area contributed by atoms with Gasteiger partial charge in [0.05, 0.1) is 7.11 Å². The summed E-state index contributed by atoms with van der Waals surface area (Å²) in [6.45, 7) is 2.19. The zero-order chi connectivity index (χ0) is 25.5. The lowest BCUT2D eigenvalue weighted by atomic mass is 9.95. The molecule has 0 saturated carbocycles. The van der Waals surface area contributed by atoms with Crippen LogP contribution in [0.1, 0.15) is 39.1 Å². The molecular formula is C27H29FN4O4. The maximum atomic E-state index is 14.6. The lowest BCUT2D eigenvalue weighted by Gasteiger charge is -2.26. The third kappa shape index (κ3) is 5.80. The molecule has 36 heavy (non-hydrogen) atoms. The number of ketones is 1. The molecule has 0 radical (unpaired) electrons. The Hall–Kier alpha value is -3.98. The summed E-state index contributed by atoms with van der Waals surface area (Å²) in [5.74, 6) is -2.03. The summed E-state index contributed by atoms with van der Waals surface area (Å²) in [4.78, 5) is 29.5. The molecule has 1 saturated heterocycles. The third-order valence-electron chi connectivity index (χ3n) is 6.37. The zero-order valence-corrected chi connectivity index (χ0v) is 20.0. The number of aromatic nitrogens is 1. The fourth-order valence-electron chi connectivity index (χ4n) is 4.34. The van der Waals surface area contributed by atoms with Gasteiger partial charge in [-0.15, -0.1) is 0 Å². The average Bonchev–Trinajstić information content (AvgIpc) is 3.13. The topological polar surface area (TPSA) is 113 Å². The van der Waals surface area contributed by atoms with Crippen molar-refractivity contribution in [2.24, 2.45) is 5.92 Å². The van der Waals surface area contributed by atoms with E-state index in [2.05, 4.69) is 20.9 Å². The Morgan fingerprint density at radius 2 is 1.86 bits per heavy atom. The third-order valence-corrected chi connectivity index (χ3v) is 6.37. The number of nitrogens with one attached hydrogen (secondary N) is 3. The van der Waals surface area contributed by atoms with E-state index in [9.17, 15) is 19.1 Å². The summed E-state index contributed by atoms with van der Waals surface area (Å²) < 4.78 is 19.5. The summed E-state index contributed by atoms with van der Waals surface area (Å²) >= 11 is 0. The Morgan fingerprint density at radius 3 is 2.58 bits per heavy atom. The van der Waals surface area contributed by atoms with Crippen molar-refractivity contribution >= 4 is 17.4 Å². The number of rotatable bonds is 8. The molecule has 0 aliphatic carbocycles. The van der Waals surface area contributed by atoms with Crippen LogP contribution in [0.4, 0.5) is 10.1 Å². The van der Waals surface area contributed by atoms with E-state index in [1.54, 1.807) is 48.8 Å². The number of methoxy groups -OCH3 is 1. The number of hydrogen-bond donors (Lipinski definition) is 4. The predicted molar refractivity (Wildman–Crippen MR) is 134 cm³/mol. The number of halogens is 1. The van der Waals surface area contributed by atoms with Crippen LogP contribution in [0, 0.1) is 11.7 Å². The predicted octanol–water partition coefficient (Wildman–Crippen LogP) is 3.38. The summed E-state index contributed by atoms with van der Waals surface area (Å²) in [6, 6.07) is 12.5. The Balaban J connectivity index is 1.41. The number of ether oxygens (including phenoxy) is 1. The zero-order valence-electron chi connectivity index (χ0n) is 20.0. The van der Waals surface area contributed by atoms with Gasteiger partial charge in [0.1, 0.15) is 11.3 Å². The number of pyridine rings is 1. The number of benzene rings is 2. The minimum Gasteiger partial charge on any atom is -0.507 e. The van der Waals surface area contributed by atoms with E-state index in [0.717, 1.165) is 25.1 Å². The van der Waals surface area contributed by atoms with Crippen molar-refractivity contribution < 1.29 is 23.8 Å². The smallest absolute Gasteiger partial charge is 0.251 e. The maximum absolute atomic E-state index is 14.6. The van der Waals surface area contributed by atoms with Gasteiger partial charge in [0.15, 0.2) is 17.3 Å². The molecule has 2 heterocycles. The van der Waals surface area contributed by atoms with Crippen LogP contribution in [0.2, 0.25) is 0 Å². The van der Waals surface area contributed by atoms with Crippen molar-refractivity contribution in [1.82, 2.24) is 15.6 Å². The first-order valence-corrected chi connectivity index (χ1v) is 11.8. The second-order valence-electron chi connectivity index (χ2n) is 8.69. The molecule has 1 amide bonds. The van der Waals surface area contributed by atoms with Gasteiger partial charge in [-0.1, -0.05) is 0 Å². The van der Waals surface area contributed by atoms with Gasteiger partial charge in [-0.3, -0.25) is 14.6 Å². The Kier molecular flexibility index (Phi) is 8.12. The largest absolute Gasteiger partial charge is 0.507 e. The first-order chi connectivity index (χ1) is 17.5. The van der Waals surface area contributed by atoms with Crippen LogP contribution in [0.3, 0.4) is 0 Å². The van der Waals surface area contributed by atoms with Crippen LogP contribution in [-0.2, 0) is 0 Å². The van der Waals surface area contributed by atoms with E-state index in [4.69, 9.17) is 4.74 Å². The Morgan fingerprint density at radius 1 is 1.11 bits per heavy atom. The van der Waals surface area contributed by atoms with Crippen LogP contribution in [0.15, 0.2) is 60.9 Å². The fourth-order valence-corrected chi connectivity index (χ4v) is 4.34. The van der Waals surface area contributed by atoms with E-state index in [1.165, 1.54) is 19.2 Å². The molecule has 8 nitrogen and oxygen atoms in total. The summed E-state index contributed by atoms with van der Waals surface area (Å²) in [5.41, 5.74) is 1.18. The Labute approximate surface area is 208 Å². The first kappa shape index (κ1) is 25.1. The number of phenolic OH excluding ortho intramolecular Hbond substituents is 1. The van der Waals surface area contributed by atoms with E-state index in [-0.39, 0.29) is 29.2 Å². The van der Waals surface area contributed by atoms with Gasteiger partial charge in [-0.2, -0.15) is 0 Å². The number of phenols is 1. The molecule has 1 aromatic heterocycles. The molecule has 4 N–H and O–H groups in total. The van der Waals surface area contributed by atoms with Crippen molar-refractivity contribution in [3.63, 3.8) is 0 Å². The van der Waals surface area contributed by atoms with Gasteiger partial charge in [-0.25, -0.2) is 4.39 Å². The van der Waals surface area contributed by atoms with Crippen molar-refractivity contribution in [1.29, 1.82) is 0 Å². The highest BCUT2D eigenvalue weighted by Gasteiger charge is 2.26. The fraction of sp³-hybridized carbons (Fsp3) is 0.296. The highest BCUT2D eigenvalue weighted by molar-refractivity contribution is 6.11. The van der Waals surface area contributed by atoms with E-state index in [0.29, 0.717) is 18.7 Å². The molecule has 0 bridgehead atoms. The van der Waals surface area contributed by atoms with Crippen LogP contribution >= 0.6 is 0 Å². The number of carbonyl (C=O) groups excluding carboxylic acids is 2. The molecule has 1 unspecified atom stereocenters. The number of aromatic hydroxyl groups is 1. The molecule has 2 atom stereocenters. The minimum atomic E-state index is -0.897. The maximum Gasteiger partial charge on any atom is 0.251 e. The lowest BCUT2D eigenvalue weighted by Crippen LogP contribution is -2.47. The summed E-state index contributed by atoms with van der Waals surface area (Å²) in [6.07, 6.45) is 5.12. The minimum absolute atomic E-state index is 0.0551. The van der Waals surface area contributed by atoms with Crippen molar-refractivity contribution in [3.8, 4) is 11.5 Å². The van der Waals surface area contributed by atoms with Crippen molar-refractivity contribution in [2.75, 3.05) is 32.1 Å². The molecule has 1 fully saturated rings. The molecule has 188 valence electrons. The molecule has 2 aromatic carbocycles. The quantitative estimate of drug-likeness (QED) is 0.357. The molecule has 9 heteroatoms. The van der Waals surface area contributed by atoms with Gasteiger partial charge in [0.2, 0.25) is 0 Å². The summed E-state index contributed by atoms with van der Waals surface area (Å²) in [5, 5.41) is 20.0. The van der Waals surface area contributed by atoms with Crippen molar-refractivity contribution in [3.05, 3.63) is 83.4 Å². The Bertz CT molecular complexity index is 1200. The van der Waals surface area contributed by atoms with Crippen LogP contribution in [-0.4, -0.2) is 54.6 Å². The van der Waals surface area contributed by atoms with E-state index in [1.807, 2.05) is 0 Å². The second kappa shape index (κ2) is 11.6. The number of amides is 1. The van der Waals surface area contributed by atoms with Gasteiger partial charge >= 0.3 is 0 Å². The second-order valence-corrected chi connectivity index (χ2v) is 8.69. The molecule has 3 aromatic rings. The average molecular weight is 493 g/mol. The molecule has 1 aliphatic heterocycles. The van der Waals surface area contributed by atoms with E-state index >= 15 is 0 Å². The number of hydrogen-bond acceptors (Lipinski definition) is 7. The van der Waals surface area contributed by atoms with Gasteiger partial charge in [0.25, 0.3) is 5.91 Å². The molecule has 4 rings (SSSR count). The molecular weight excluding hydrogens is 463 g/mol. The molecule has 1 aliphatic rings. The molecule has 0 spiro atoms. The SMILES string of the molecule is COc1ccc(O)c(C(=O)c2ccc(NC[C@@H]3CCCNCC3NC(=O)c3ccncc3)cc2)c1F.